The second-order valence-corrected chi connectivity index (χ2v) is 5.12. The highest BCUT2D eigenvalue weighted by atomic mass is 35.5. The molecule has 0 aliphatic heterocycles. The molecule has 0 bridgehead atoms. The lowest BCUT2D eigenvalue weighted by atomic mass is 10.00. The van der Waals surface area contributed by atoms with Crippen molar-refractivity contribution < 1.29 is 5.11 Å². The number of benzene rings is 2. The van der Waals surface area contributed by atoms with E-state index in [0.29, 0.717) is 5.02 Å². The molecule has 20 heavy (non-hydrogen) atoms. The number of aromatic nitrogens is 2. The van der Waals surface area contributed by atoms with Gasteiger partial charge in [0.15, 0.2) is 0 Å². The summed E-state index contributed by atoms with van der Waals surface area (Å²) in [6, 6.07) is 11.1. The van der Waals surface area contributed by atoms with Crippen LogP contribution in [0.2, 0.25) is 5.02 Å². The Kier molecular flexibility index (Phi) is 3.38. The van der Waals surface area contributed by atoms with Crippen LogP contribution >= 0.6 is 11.6 Å². The Labute approximate surface area is 121 Å². The molecule has 3 rings (SSSR count). The van der Waals surface area contributed by atoms with Crippen molar-refractivity contribution in [3.05, 3.63) is 70.5 Å². The Bertz CT molecular complexity index is 773. The molecule has 1 atom stereocenters. The molecule has 3 nitrogen and oxygen atoms in total. The van der Waals surface area contributed by atoms with E-state index in [0.717, 1.165) is 27.7 Å². The van der Waals surface area contributed by atoms with Crippen LogP contribution in [0.15, 0.2) is 48.8 Å². The SMILES string of the molecule is Cc1ccc(C(O)c2ccc3nccnc3c2)cc1Cl. The first-order valence-corrected chi connectivity index (χ1v) is 6.68. The zero-order valence-corrected chi connectivity index (χ0v) is 11.7. The number of rotatable bonds is 2. The molecule has 1 heterocycles. The topological polar surface area (TPSA) is 46.0 Å². The third-order valence-corrected chi connectivity index (χ3v) is 3.73. The molecule has 2 aromatic carbocycles. The molecule has 0 saturated heterocycles. The molecule has 1 N–H and O–H groups in total. The highest BCUT2D eigenvalue weighted by molar-refractivity contribution is 6.31. The van der Waals surface area contributed by atoms with Gasteiger partial charge in [-0.05, 0) is 41.8 Å². The van der Waals surface area contributed by atoms with Crippen molar-refractivity contribution >= 4 is 22.6 Å². The van der Waals surface area contributed by atoms with E-state index in [2.05, 4.69) is 9.97 Å². The summed E-state index contributed by atoms with van der Waals surface area (Å²) in [6.07, 6.45) is 2.57. The second-order valence-electron chi connectivity index (χ2n) is 4.72. The van der Waals surface area contributed by atoms with E-state index in [-0.39, 0.29) is 0 Å². The molecular weight excluding hydrogens is 272 g/mol. The van der Waals surface area contributed by atoms with Crippen molar-refractivity contribution in [2.45, 2.75) is 13.0 Å². The lowest BCUT2D eigenvalue weighted by Gasteiger charge is -2.13. The van der Waals surface area contributed by atoms with Gasteiger partial charge in [-0.2, -0.15) is 0 Å². The molecule has 1 aromatic heterocycles. The summed E-state index contributed by atoms with van der Waals surface area (Å²) < 4.78 is 0. The zero-order chi connectivity index (χ0) is 14.1. The fraction of sp³-hybridized carbons (Fsp3) is 0.125. The van der Waals surface area contributed by atoms with Crippen LogP contribution in [0, 0.1) is 6.92 Å². The maximum Gasteiger partial charge on any atom is 0.104 e. The van der Waals surface area contributed by atoms with E-state index in [9.17, 15) is 5.11 Å². The quantitative estimate of drug-likeness (QED) is 0.781. The Morgan fingerprint density at radius 1 is 0.950 bits per heavy atom. The minimum absolute atomic E-state index is 0.655. The van der Waals surface area contributed by atoms with Crippen molar-refractivity contribution in [3.63, 3.8) is 0 Å². The number of fused-ring (bicyclic) bond motifs is 1. The van der Waals surface area contributed by atoms with E-state index < -0.39 is 6.10 Å². The van der Waals surface area contributed by atoms with Gasteiger partial charge in [0.2, 0.25) is 0 Å². The summed E-state index contributed by atoms with van der Waals surface area (Å²) in [5, 5.41) is 11.1. The fourth-order valence-electron chi connectivity index (χ4n) is 2.12. The van der Waals surface area contributed by atoms with Crippen molar-refractivity contribution in [1.29, 1.82) is 0 Å². The van der Waals surface area contributed by atoms with Gasteiger partial charge in [0.1, 0.15) is 6.10 Å². The van der Waals surface area contributed by atoms with E-state index >= 15 is 0 Å². The third kappa shape index (κ3) is 2.38. The van der Waals surface area contributed by atoms with Crippen LogP contribution in [-0.4, -0.2) is 15.1 Å². The average molecular weight is 285 g/mol. The maximum absolute atomic E-state index is 10.5. The summed E-state index contributed by atoms with van der Waals surface area (Å²) in [5.74, 6) is 0. The molecule has 4 heteroatoms. The largest absolute Gasteiger partial charge is 0.384 e. The predicted molar refractivity (Wildman–Crippen MR) is 79.8 cm³/mol. The molecule has 0 aliphatic rings. The molecule has 0 fully saturated rings. The van der Waals surface area contributed by atoms with Gasteiger partial charge in [-0.25, -0.2) is 0 Å². The third-order valence-electron chi connectivity index (χ3n) is 3.32. The van der Waals surface area contributed by atoms with Gasteiger partial charge in [0.25, 0.3) is 0 Å². The lowest BCUT2D eigenvalue weighted by molar-refractivity contribution is 0.220. The first-order valence-electron chi connectivity index (χ1n) is 6.30. The van der Waals surface area contributed by atoms with E-state index in [4.69, 9.17) is 11.6 Å². The number of aliphatic hydroxyl groups excluding tert-OH is 1. The Balaban J connectivity index is 2.02. The minimum Gasteiger partial charge on any atom is -0.384 e. The Morgan fingerprint density at radius 3 is 2.35 bits per heavy atom. The Morgan fingerprint density at radius 2 is 1.60 bits per heavy atom. The molecule has 3 aromatic rings. The van der Waals surface area contributed by atoms with Crippen LogP contribution in [0.1, 0.15) is 22.8 Å². The van der Waals surface area contributed by atoms with Gasteiger partial charge in [0.05, 0.1) is 11.0 Å². The summed E-state index contributed by atoms with van der Waals surface area (Å²) in [5.41, 5.74) is 4.11. The minimum atomic E-state index is -0.723. The number of hydrogen-bond donors (Lipinski definition) is 1. The predicted octanol–water partition coefficient (Wildman–Crippen LogP) is 3.67. The van der Waals surface area contributed by atoms with Crippen LogP contribution in [0.4, 0.5) is 0 Å². The molecule has 0 saturated carbocycles. The smallest absolute Gasteiger partial charge is 0.104 e. The van der Waals surface area contributed by atoms with Crippen molar-refractivity contribution in [2.24, 2.45) is 0 Å². The summed E-state index contributed by atoms with van der Waals surface area (Å²) in [6.45, 7) is 1.93. The highest BCUT2D eigenvalue weighted by Gasteiger charge is 2.12. The Hall–Kier alpha value is -1.97. The molecule has 0 aliphatic carbocycles. The molecule has 0 amide bonds. The van der Waals surface area contributed by atoms with Gasteiger partial charge >= 0.3 is 0 Å². The molecular formula is C16H13ClN2O. The van der Waals surface area contributed by atoms with Gasteiger partial charge in [0, 0.05) is 17.4 Å². The second kappa shape index (κ2) is 5.19. The van der Waals surface area contributed by atoms with Crippen molar-refractivity contribution in [3.8, 4) is 0 Å². The van der Waals surface area contributed by atoms with Crippen molar-refractivity contribution in [2.75, 3.05) is 0 Å². The van der Waals surface area contributed by atoms with Crippen LogP contribution in [0.5, 0.6) is 0 Å². The molecule has 1 unspecified atom stereocenters. The molecule has 0 spiro atoms. The standard InChI is InChI=1S/C16H13ClN2O/c1-10-2-3-11(8-13(10)17)16(20)12-4-5-14-15(9-12)19-7-6-18-14/h2-9,16,20H,1H3. The number of hydrogen-bond acceptors (Lipinski definition) is 3. The van der Waals surface area contributed by atoms with Crippen molar-refractivity contribution in [1.82, 2.24) is 9.97 Å². The zero-order valence-electron chi connectivity index (χ0n) is 10.9. The summed E-state index contributed by atoms with van der Waals surface area (Å²) in [7, 11) is 0. The van der Waals surface area contributed by atoms with Crippen LogP contribution < -0.4 is 0 Å². The van der Waals surface area contributed by atoms with E-state index in [1.807, 2.05) is 37.3 Å². The summed E-state index contributed by atoms with van der Waals surface area (Å²) >= 11 is 6.11. The number of halogens is 1. The number of nitrogens with zero attached hydrogens (tertiary/aromatic N) is 2. The van der Waals surface area contributed by atoms with Crippen LogP contribution in [0.25, 0.3) is 11.0 Å². The van der Waals surface area contributed by atoms with Crippen LogP contribution in [-0.2, 0) is 0 Å². The first kappa shape index (κ1) is 13.0. The fourth-order valence-corrected chi connectivity index (χ4v) is 2.31. The van der Waals surface area contributed by atoms with E-state index in [1.54, 1.807) is 18.5 Å². The number of aliphatic hydroxyl groups is 1. The van der Waals surface area contributed by atoms with Gasteiger partial charge in [-0.3, -0.25) is 9.97 Å². The van der Waals surface area contributed by atoms with Crippen LogP contribution in [0.3, 0.4) is 0 Å². The van der Waals surface area contributed by atoms with E-state index in [1.165, 1.54) is 0 Å². The first-order chi connectivity index (χ1) is 9.65. The van der Waals surface area contributed by atoms with Gasteiger partial charge in [-0.1, -0.05) is 29.8 Å². The van der Waals surface area contributed by atoms with Gasteiger partial charge < -0.3 is 5.11 Å². The number of aryl methyl sites for hydroxylation is 1. The lowest BCUT2D eigenvalue weighted by Crippen LogP contribution is -2.00. The molecule has 100 valence electrons. The normalized spacial score (nSPS) is 12.6. The molecule has 0 radical (unpaired) electrons. The summed E-state index contributed by atoms with van der Waals surface area (Å²) in [4.78, 5) is 8.46. The maximum atomic E-state index is 10.5. The average Bonchev–Trinajstić information content (AvgIpc) is 2.49. The van der Waals surface area contributed by atoms with Gasteiger partial charge in [-0.15, -0.1) is 0 Å². The monoisotopic (exact) mass is 284 g/mol. The highest BCUT2D eigenvalue weighted by Crippen LogP contribution is 2.27.